The van der Waals surface area contributed by atoms with Gasteiger partial charge in [-0.15, -0.1) is 10.2 Å². The highest BCUT2D eigenvalue weighted by Gasteiger charge is 2.24. The Morgan fingerprint density at radius 1 is 1.35 bits per heavy atom. The predicted molar refractivity (Wildman–Crippen MR) is 99.0 cm³/mol. The average molecular weight is 358 g/mol. The standard InChI is InChI=1S/C17H26N8O/c1-5-24-11-19-22-15(24)6-8-18-16-13-7-9-25(12(2)26)10-14(13)20-17(21-16)23(3)4/h11H,5-10H2,1-4H3,(H,18,20,21). The molecule has 0 aromatic carbocycles. The minimum atomic E-state index is 0.0778. The van der Waals surface area contributed by atoms with Crippen LogP contribution in [0.1, 0.15) is 30.9 Å². The topological polar surface area (TPSA) is 92.1 Å². The third-order valence-corrected chi connectivity index (χ3v) is 4.58. The Balaban J connectivity index is 1.78. The summed E-state index contributed by atoms with van der Waals surface area (Å²) in [6.45, 7) is 6.48. The summed E-state index contributed by atoms with van der Waals surface area (Å²) in [4.78, 5) is 24.7. The van der Waals surface area contributed by atoms with Gasteiger partial charge < -0.3 is 19.7 Å². The molecule has 1 aliphatic heterocycles. The van der Waals surface area contributed by atoms with Gasteiger partial charge in [0, 0.05) is 52.6 Å². The summed E-state index contributed by atoms with van der Waals surface area (Å²) in [7, 11) is 3.83. The number of fused-ring (bicyclic) bond motifs is 1. The van der Waals surface area contributed by atoms with Crippen molar-refractivity contribution in [3.8, 4) is 0 Å². The summed E-state index contributed by atoms with van der Waals surface area (Å²) in [6.07, 6.45) is 3.28. The van der Waals surface area contributed by atoms with E-state index in [0.717, 1.165) is 42.3 Å². The molecule has 0 aliphatic carbocycles. The van der Waals surface area contributed by atoms with E-state index in [0.29, 0.717) is 25.6 Å². The minimum Gasteiger partial charge on any atom is -0.369 e. The number of nitrogens with one attached hydrogen (secondary N) is 1. The summed E-state index contributed by atoms with van der Waals surface area (Å²) in [6, 6.07) is 0. The first kappa shape index (κ1) is 18.1. The smallest absolute Gasteiger partial charge is 0.227 e. The molecule has 1 aliphatic rings. The molecule has 9 nitrogen and oxygen atoms in total. The Labute approximate surface area is 153 Å². The van der Waals surface area contributed by atoms with Crippen molar-refractivity contribution in [2.24, 2.45) is 0 Å². The van der Waals surface area contributed by atoms with Crippen LogP contribution in [-0.2, 0) is 30.7 Å². The monoisotopic (exact) mass is 358 g/mol. The molecule has 3 rings (SSSR count). The molecule has 26 heavy (non-hydrogen) atoms. The highest BCUT2D eigenvalue weighted by Crippen LogP contribution is 2.25. The maximum Gasteiger partial charge on any atom is 0.227 e. The zero-order valence-corrected chi connectivity index (χ0v) is 15.9. The molecule has 0 saturated carbocycles. The average Bonchev–Trinajstić information content (AvgIpc) is 3.08. The molecule has 0 spiro atoms. The van der Waals surface area contributed by atoms with E-state index in [-0.39, 0.29) is 5.91 Å². The normalized spacial score (nSPS) is 13.5. The number of anilines is 2. The lowest BCUT2D eigenvalue weighted by Crippen LogP contribution is -2.36. The van der Waals surface area contributed by atoms with Crippen molar-refractivity contribution in [3.63, 3.8) is 0 Å². The van der Waals surface area contributed by atoms with Gasteiger partial charge in [-0.3, -0.25) is 4.79 Å². The van der Waals surface area contributed by atoms with Gasteiger partial charge in [0.15, 0.2) is 0 Å². The zero-order chi connectivity index (χ0) is 18.7. The van der Waals surface area contributed by atoms with Crippen molar-refractivity contribution in [3.05, 3.63) is 23.4 Å². The third-order valence-electron chi connectivity index (χ3n) is 4.58. The van der Waals surface area contributed by atoms with E-state index in [1.54, 1.807) is 13.3 Å². The number of aryl methyl sites for hydroxylation is 1. The highest BCUT2D eigenvalue weighted by molar-refractivity contribution is 5.73. The van der Waals surface area contributed by atoms with Crippen LogP contribution in [0.15, 0.2) is 6.33 Å². The Morgan fingerprint density at radius 2 is 2.15 bits per heavy atom. The van der Waals surface area contributed by atoms with Crippen LogP contribution < -0.4 is 10.2 Å². The second-order valence-corrected chi connectivity index (χ2v) is 6.59. The number of hydrogen-bond acceptors (Lipinski definition) is 7. The predicted octanol–water partition coefficient (Wildman–Crippen LogP) is 0.713. The van der Waals surface area contributed by atoms with Gasteiger partial charge in [0.05, 0.1) is 12.2 Å². The van der Waals surface area contributed by atoms with E-state index in [2.05, 4.69) is 32.4 Å². The summed E-state index contributed by atoms with van der Waals surface area (Å²) < 4.78 is 2.03. The lowest BCUT2D eigenvalue weighted by Gasteiger charge is -2.29. The Bertz CT molecular complexity index is 785. The van der Waals surface area contributed by atoms with Crippen molar-refractivity contribution in [1.82, 2.24) is 29.6 Å². The van der Waals surface area contributed by atoms with E-state index in [1.165, 1.54) is 0 Å². The Kier molecular flexibility index (Phi) is 5.34. The first-order chi connectivity index (χ1) is 12.5. The molecule has 0 bridgehead atoms. The zero-order valence-electron chi connectivity index (χ0n) is 15.9. The van der Waals surface area contributed by atoms with Crippen LogP contribution in [0.5, 0.6) is 0 Å². The molecule has 3 heterocycles. The van der Waals surface area contributed by atoms with Gasteiger partial charge in [-0.2, -0.15) is 4.98 Å². The van der Waals surface area contributed by atoms with Gasteiger partial charge in [0.25, 0.3) is 0 Å². The van der Waals surface area contributed by atoms with Crippen LogP contribution in [0.25, 0.3) is 0 Å². The molecule has 140 valence electrons. The summed E-state index contributed by atoms with van der Waals surface area (Å²) in [5.74, 6) is 2.53. The molecule has 2 aromatic heterocycles. The summed E-state index contributed by atoms with van der Waals surface area (Å²) in [5.41, 5.74) is 2.02. The lowest BCUT2D eigenvalue weighted by atomic mass is 10.1. The SMILES string of the molecule is CCn1cnnc1CCNc1nc(N(C)C)nc2c1CCN(C(C)=O)C2. The van der Waals surface area contributed by atoms with Crippen molar-refractivity contribution in [2.75, 3.05) is 37.4 Å². The Morgan fingerprint density at radius 3 is 2.85 bits per heavy atom. The van der Waals surface area contributed by atoms with E-state index >= 15 is 0 Å². The molecule has 0 unspecified atom stereocenters. The van der Waals surface area contributed by atoms with Crippen LogP contribution in [0.4, 0.5) is 11.8 Å². The van der Waals surface area contributed by atoms with Gasteiger partial charge in [0.2, 0.25) is 11.9 Å². The molecule has 0 radical (unpaired) electrons. The number of carbonyl (C=O) groups excluding carboxylic acids is 1. The Hall–Kier alpha value is -2.71. The van der Waals surface area contributed by atoms with E-state index in [9.17, 15) is 4.79 Å². The summed E-state index contributed by atoms with van der Waals surface area (Å²) in [5, 5.41) is 11.6. The minimum absolute atomic E-state index is 0.0778. The fourth-order valence-electron chi connectivity index (χ4n) is 3.06. The van der Waals surface area contributed by atoms with Gasteiger partial charge in [0.1, 0.15) is 18.0 Å². The first-order valence-electron chi connectivity index (χ1n) is 8.92. The maximum atomic E-state index is 11.7. The molecule has 9 heteroatoms. The largest absolute Gasteiger partial charge is 0.369 e. The molecule has 0 fully saturated rings. The molecular weight excluding hydrogens is 332 g/mol. The summed E-state index contributed by atoms with van der Waals surface area (Å²) >= 11 is 0. The van der Waals surface area contributed by atoms with Gasteiger partial charge >= 0.3 is 0 Å². The third kappa shape index (κ3) is 3.76. The van der Waals surface area contributed by atoms with E-state index in [4.69, 9.17) is 0 Å². The van der Waals surface area contributed by atoms with E-state index in [1.807, 2.05) is 28.5 Å². The van der Waals surface area contributed by atoms with Crippen LogP contribution in [0.2, 0.25) is 0 Å². The molecule has 0 saturated heterocycles. The quantitative estimate of drug-likeness (QED) is 0.813. The van der Waals surface area contributed by atoms with Crippen LogP contribution in [0.3, 0.4) is 0 Å². The maximum absolute atomic E-state index is 11.7. The lowest BCUT2D eigenvalue weighted by molar-refractivity contribution is -0.129. The number of amides is 1. The highest BCUT2D eigenvalue weighted by atomic mass is 16.2. The van der Waals surface area contributed by atoms with Crippen molar-refractivity contribution in [2.45, 2.75) is 39.8 Å². The van der Waals surface area contributed by atoms with E-state index < -0.39 is 0 Å². The van der Waals surface area contributed by atoms with Crippen LogP contribution in [0, 0.1) is 0 Å². The fourth-order valence-corrected chi connectivity index (χ4v) is 3.06. The second kappa shape index (κ2) is 7.67. The number of hydrogen-bond donors (Lipinski definition) is 1. The number of rotatable bonds is 6. The molecular formula is C17H26N8O. The van der Waals surface area contributed by atoms with Crippen molar-refractivity contribution in [1.29, 1.82) is 0 Å². The molecule has 0 atom stereocenters. The van der Waals surface area contributed by atoms with Crippen LogP contribution >= 0.6 is 0 Å². The van der Waals surface area contributed by atoms with Gasteiger partial charge in [-0.25, -0.2) is 4.98 Å². The van der Waals surface area contributed by atoms with Gasteiger partial charge in [-0.05, 0) is 13.3 Å². The number of nitrogens with zero attached hydrogens (tertiary/aromatic N) is 7. The molecule has 2 aromatic rings. The second-order valence-electron chi connectivity index (χ2n) is 6.59. The first-order valence-corrected chi connectivity index (χ1v) is 8.92. The number of carbonyl (C=O) groups is 1. The van der Waals surface area contributed by atoms with Crippen LogP contribution in [-0.4, -0.2) is 62.7 Å². The van der Waals surface area contributed by atoms with Crippen molar-refractivity contribution < 1.29 is 4.79 Å². The van der Waals surface area contributed by atoms with Gasteiger partial charge in [-0.1, -0.05) is 0 Å². The fraction of sp³-hybridized carbons (Fsp3) is 0.588. The number of aromatic nitrogens is 5. The molecule has 1 amide bonds. The molecule has 1 N–H and O–H groups in total. The van der Waals surface area contributed by atoms with Crippen molar-refractivity contribution >= 4 is 17.7 Å².